The van der Waals surface area contributed by atoms with Gasteiger partial charge >= 0.3 is 0 Å². The lowest BCUT2D eigenvalue weighted by atomic mass is 10.0. The molecule has 0 amide bonds. The van der Waals surface area contributed by atoms with Crippen LogP contribution in [0.15, 0.2) is 42.7 Å². The van der Waals surface area contributed by atoms with E-state index in [1.807, 2.05) is 19.3 Å². The number of nitrogens with two attached hydrogens (primary N) is 1. The molecule has 1 aliphatic rings. The van der Waals surface area contributed by atoms with Gasteiger partial charge in [0.1, 0.15) is 5.82 Å². The van der Waals surface area contributed by atoms with Crippen LogP contribution >= 0.6 is 0 Å². The zero-order valence-electron chi connectivity index (χ0n) is 15.8. The number of aryl methyl sites for hydroxylation is 2. The number of aromatic nitrogens is 2. The summed E-state index contributed by atoms with van der Waals surface area (Å²) >= 11 is 0. The highest BCUT2D eigenvalue weighted by Crippen LogP contribution is 2.23. The molecule has 0 spiro atoms. The maximum Gasteiger partial charge on any atom is 0.149 e. The topological polar surface area (TPSA) is 58.3 Å². The number of benzene rings is 1. The predicted molar refractivity (Wildman–Crippen MR) is 107 cm³/mol. The highest BCUT2D eigenvalue weighted by atomic mass is 15.4. The van der Waals surface area contributed by atoms with Crippen molar-refractivity contribution in [3.63, 3.8) is 0 Å². The lowest BCUT2D eigenvalue weighted by molar-refractivity contribution is 0.148. The zero-order chi connectivity index (χ0) is 18.2. The van der Waals surface area contributed by atoms with E-state index in [9.17, 15) is 0 Å². The molecule has 1 aromatic heterocycles. The second-order valence-corrected chi connectivity index (χ2v) is 7.12. The Morgan fingerprint density at radius 1 is 1.08 bits per heavy atom. The lowest BCUT2D eigenvalue weighted by Crippen LogP contribution is -2.52. The highest BCUT2D eigenvalue weighted by molar-refractivity contribution is 5.37. The Kier molecular flexibility index (Phi) is 6.97. The zero-order valence-corrected chi connectivity index (χ0v) is 15.8. The van der Waals surface area contributed by atoms with Crippen molar-refractivity contribution in [2.75, 3.05) is 24.7 Å². The van der Waals surface area contributed by atoms with E-state index < -0.39 is 0 Å². The number of nitrogens with zero attached hydrogens (tertiary/aromatic N) is 4. The summed E-state index contributed by atoms with van der Waals surface area (Å²) in [6, 6.07) is 10.7. The molecule has 3 rings (SSSR count). The molecular weight excluding hydrogens is 322 g/mol. The van der Waals surface area contributed by atoms with E-state index in [4.69, 9.17) is 5.73 Å². The van der Waals surface area contributed by atoms with Gasteiger partial charge in [0.05, 0.1) is 30.9 Å². The molecule has 0 bridgehead atoms. The average molecular weight is 354 g/mol. The summed E-state index contributed by atoms with van der Waals surface area (Å²) in [7, 11) is 0. The molecule has 0 saturated carbocycles. The van der Waals surface area contributed by atoms with Crippen LogP contribution in [-0.2, 0) is 6.42 Å². The van der Waals surface area contributed by atoms with Gasteiger partial charge in [-0.05, 0) is 44.6 Å². The Balaban J connectivity index is 1.71. The summed E-state index contributed by atoms with van der Waals surface area (Å²) in [4.78, 5) is 13.8. The van der Waals surface area contributed by atoms with E-state index in [1.54, 1.807) is 0 Å². The molecule has 0 aliphatic carbocycles. The fraction of sp³-hybridized carbons (Fsp3) is 0.524. The molecule has 2 N–H and O–H groups in total. The van der Waals surface area contributed by atoms with Crippen LogP contribution in [0.4, 0.5) is 5.82 Å². The Morgan fingerprint density at radius 2 is 1.85 bits per heavy atom. The SMILES string of the molecule is Cc1cnc(N(CN)C(CCCc2ccccc2)N2CCCCC2)cn1. The van der Waals surface area contributed by atoms with Gasteiger partial charge in [0.2, 0.25) is 0 Å². The van der Waals surface area contributed by atoms with Gasteiger partial charge in [-0.2, -0.15) is 0 Å². The van der Waals surface area contributed by atoms with E-state index in [0.717, 1.165) is 43.9 Å². The molecule has 2 aromatic rings. The quantitative estimate of drug-likeness (QED) is 0.738. The van der Waals surface area contributed by atoms with Crippen LogP contribution in [0.2, 0.25) is 0 Å². The number of rotatable bonds is 8. The monoisotopic (exact) mass is 353 g/mol. The van der Waals surface area contributed by atoms with Crippen LogP contribution in [0, 0.1) is 6.92 Å². The predicted octanol–water partition coefficient (Wildman–Crippen LogP) is 3.34. The minimum atomic E-state index is 0.293. The fourth-order valence-electron chi connectivity index (χ4n) is 3.79. The van der Waals surface area contributed by atoms with Gasteiger partial charge in [0.15, 0.2) is 0 Å². The lowest BCUT2D eigenvalue weighted by Gasteiger charge is -2.41. The van der Waals surface area contributed by atoms with Crippen LogP contribution in [-0.4, -0.2) is 40.8 Å². The summed E-state index contributed by atoms with van der Waals surface area (Å²) in [5.41, 5.74) is 8.50. The first-order valence-electron chi connectivity index (χ1n) is 9.81. The molecule has 1 atom stereocenters. The molecule has 140 valence electrons. The first kappa shape index (κ1) is 18.8. The molecule has 1 aliphatic heterocycles. The van der Waals surface area contributed by atoms with E-state index in [-0.39, 0.29) is 0 Å². The highest BCUT2D eigenvalue weighted by Gasteiger charge is 2.26. The summed E-state index contributed by atoms with van der Waals surface area (Å²) in [5.74, 6) is 0.883. The smallest absolute Gasteiger partial charge is 0.149 e. The largest absolute Gasteiger partial charge is 0.327 e. The third-order valence-electron chi connectivity index (χ3n) is 5.20. The average Bonchev–Trinajstić information content (AvgIpc) is 2.70. The maximum atomic E-state index is 6.16. The van der Waals surface area contributed by atoms with E-state index >= 15 is 0 Å². The van der Waals surface area contributed by atoms with Crippen LogP contribution in [0.25, 0.3) is 0 Å². The second-order valence-electron chi connectivity index (χ2n) is 7.12. The standard InChI is InChI=1S/C21H31N5/c1-18-15-24-20(16-23-18)26(17-22)21(25-13-6-3-7-14-25)12-8-11-19-9-4-2-5-10-19/h2,4-5,9-10,15-16,21H,3,6-8,11-14,17,22H2,1H3. The van der Waals surface area contributed by atoms with E-state index in [1.165, 1.54) is 24.8 Å². The first-order chi connectivity index (χ1) is 12.8. The minimum absolute atomic E-state index is 0.293. The fourth-order valence-corrected chi connectivity index (χ4v) is 3.79. The molecule has 1 fully saturated rings. The van der Waals surface area contributed by atoms with Crippen molar-refractivity contribution in [1.29, 1.82) is 0 Å². The first-order valence-corrected chi connectivity index (χ1v) is 9.81. The molecular formula is C21H31N5. The maximum absolute atomic E-state index is 6.16. The third kappa shape index (κ3) is 5.02. The van der Waals surface area contributed by atoms with E-state index in [0.29, 0.717) is 12.8 Å². The summed E-state index contributed by atoms with van der Waals surface area (Å²) < 4.78 is 0. The molecule has 26 heavy (non-hydrogen) atoms. The van der Waals surface area contributed by atoms with Gasteiger partial charge in [-0.3, -0.25) is 9.88 Å². The van der Waals surface area contributed by atoms with Crippen LogP contribution in [0.3, 0.4) is 0 Å². The molecule has 5 heteroatoms. The Bertz CT molecular complexity index is 637. The molecule has 1 unspecified atom stereocenters. The van der Waals surface area contributed by atoms with Crippen LogP contribution in [0.5, 0.6) is 0 Å². The Labute approximate surface area is 157 Å². The van der Waals surface area contributed by atoms with Crippen molar-refractivity contribution in [3.05, 3.63) is 54.0 Å². The molecule has 2 heterocycles. The molecule has 5 nitrogen and oxygen atoms in total. The van der Waals surface area contributed by atoms with Crippen molar-refractivity contribution < 1.29 is 0 Å². The molecule has 0 radical (unpaired) electrons. The van der Waals surface area contributed by atoms with Gasteiger partial charge in [0.25, 0.3) is 0 Å². The normalized spacial score (nSPS) is 16.4. The number of likely N-dealkylation sites (tertiary alicyclic amines) is 1. The van der Waals surface area contributed by atoms with Crippen LogP contribution < -0.4 is 10.6 Å². The molecule has 1 saturated heterocycles. The number of piperidine rings is 1. The Morgan fingerprint density at radius 3 is 2.50 bits per heavy atom. The van der Waals surface area contributed by atoms with Crippen molar-refractivity contribution in [2.24, 2.45) is 5.73 Å². The Hall–Kier alpha value is -1.98. The van der Waals surface area contributed by atoms with Crippen molar-refractivity contribution in [1.82, 2.24) is 14.9 Å². The molecule has 1 aromatic carbocycles. The van der Waals surface area contributed by atoms with Crippen molar-refractivity contribution in [2.45, 2.75) is 51.6 Å². The van der Waals surface area contributed by atoms with Gasteiger partial charge in [0, 0.05) is 13.1 Å². The van der Waals surface area contributed by atoms with Gasteiger partial charge < -0.3 is 10.6 Å². The summed E-state index contributed by atoms with van der Waals surface area (Å²) in [5, 5.41) is 0. The number of hydrogen-bond acceptors (Lipinski definition) is 5. The summed E-state index contributed by atoms with van der Waals surface area (Å²) in [6.07, 6.45) is 11.2. The summed E-state index contributed by atoms with van der Waals surface area (Å²) in [6.45, 7) is 4.72. The number of anilines is 1. The second kappa shape index (κ2) is 9.64. The van der Waals surface area contributed by atoms with Crippen molar-refractivity contribution >= 4 is 5.82 Å². The van der Waals surface area contributed by atoms with Gasteiger partial charge in [-0.1, -0.05) is 36.8 Å². The van der Waals surface area contributed by atoms with Crippen LogP contribution in [0.1, 0.15) is 43.4 Å². The van der Waals surface area contributed by atoms with Crippen molar-refractivity contribution in [3.8, 4) is 0 Å². The van der Waals surface area contributed by atoms with E-state index in [2.05, 4.69) is 50.1 Å². The third-order valence-corrected chi connectivity index (χ3v) is 5.20. The van der Waals surface area contributed by atoms with Gasteiger partial charge in [-0.25, -0.2) is 4.98 Å². The minimum Gasteiger partial charge on any atom is -0.327 e. The number of hydrogen-bond donors (Lipinski definition) is 1. The van der Waals surface area contributed by atoms with Gasteiger partial charge in [-0.15, -0.1) is 0 Å².